The fourth-order valence-corrected chi connectivity index (χ4v) is 3.55. The van der Waals surface area contributed by atoms with E-state index in [0.717, 1.165) is 5.69 Å². The average molecular weight is 430 g/mol. The number of nitrogens with one attached hydrogen (secondary N) is 1. The lowest BCUT2D eigenvalue weighted by molar-refractivity contribution is 0.0739. The Morgan fingerprint density at radius 1 is 0.935 bits per heavy atom. The van der Waals surface area contributed by atoms with Gasteiger partial charge in [-0.1, -0.05) is 18.2 Å². The maximum absolute atomic E-state index is 12.5. The third kappa shape index (κ3) is 4.79. The van der Waals surface area contributed by atoms with Crippen molar-refractivity contribution in [3.63, 3.8) is 0 Å². The molecule has 7 heteroatoms. The first-order valence-corrected chi connectivity index (χ1v) is 10.4. The van der Waals surface area contributed by atoms with Crippen LogP contribution in [0.5, 0.6) is 5.75 Å². The Balaban J connectivity index is 1.46. The summed E-state index contributed by atoms with van der Waals surface area (Å²) in [7, 11) is 0. The molecule has 0 aliphatic heterocycles. The molecule has 1 amide bonds. The molecule has 4 aromatic rings. The number of ether oxygens (including phenoxy) is 1. The van der Waals surface area contributed by atoms with Gasteiger partial charge in [0, 0.05) is 29.2 Å². The van der Waals surface area contributed by atoms with Crippen molar-refractivity contribution in [1.82, 2.24) is 9.99 Å². The predicted octanol–water partition coefficient (Wildman–Crippen LogP) is 4.91. The Labute approximate surface area is 183 Å². The lowest BCUT2D eigenvalue weighted by Gasteiger charge is -2.09. The van der Waals surface area contributed by atoms with Crippen LogP contribution in [0.25, 0.3) is 5.69 Å². The van der Waals surface area contributed by atoms with E-state index in [2.05, 4.69) is 10.5 Å². The molecule has 154 valence electrons. The van der Waals surface area contributed by atoms with Crippen LogP contribution in [0.1, 0.15) is 32.5 Å². The Kier molecular flexibility index (Phi) is 6.05. The molecule has 6 nitrogen and oxygen atoms in total. The molecule has 2 aromatic carbocycles. The zero-order valence-electron chi connectivity index (χ0n) is 16.7. The van der Waals surface area contributed by atoms with E-state index < -0.39 is 5.97 Å². The molecule has 0 aliphatic rings. The van der Waals surface area contributed by atoms with Gasteiger partial charge in [-0.15, -0.1) is 11.3 Å². The summed E-state index contributed by atoms with van der Waals surface area (Å²) in [5, 5.41) is 6.01. The first kappa shape index (κ1) is 20.3. The molecular formula is C24H19N3O3S. The molecule has 0 bridgehead atoms. The zero-order chi connectivity index (χ0) is 21.6. The summed E-state index contributed by atoms with van der Waals surface area (Å²) in [4.78, 5) is 25.3. The van der Waals surface area contributed by atoms with E-state index in [0.29, 0.717) is 27.5 Å². The number of hydrogen-bond acceptors (Lipinski definition) is 5. The maximum Gasteiger partial charge on any atom is 0.353 e. The molecule has 2 aromatic heterocycles. The monoisotopic (exact) mass is 429 g/mol. The van der Waals surface area contributed by atoms with Crippen LogP contribution in [0, 0.1) is 0 Å². The number of aromatic nitrogens is 1. The number of hydrogen-bond donors (Lipinski definition) is 1. The number of rotatable bonds is 6. The number of thiophene rings is 1. The van der Waals surface area contributed by atoms with E-state index >= 15 is 0 Å². The summed E-state index contributed by atoms with van der Waals surface area (Å²) in [6.45, 7) is 1.74. The number of carbonyl (C=O) groups is 2. The van der Waals surface area contributed by atoms with Crippen LogP contribution < -0.4 is 10.2 Å². The number of hydrazone groups is 1. The lowest BCUT2D eigenvalue weighted by Crippen LogP contribution is -2.19. The SMILES string of the molecule is C/C(=N\NC(=O)c1ccc(-n2cccc2)cc1)c1ccccc1OC(=O)c1cccs1. The van der Waals surface area contributed by atoms with Gasteiger partial charge in [0.1, 0.15) is 10.6 Å². The predicted molar refractivity (Wildman–Crippen MR) is 121 cm³/mol. The summed E-state index contributed by atoms with van der Waals surface area (Å²) in [5.41, 5.74) is 5.16. The molecule has 0 saturated heterocycles. The number of amides is 1. The van der Waals surface area contributed by atoms with Crippen LogP contribution in [0.2, 0.25) is 0 Å². The highest BCUT2D eigenvalue weighted by Gasteiger charge is 2.14. The summed E-state index contributed by atoms with van der Waals surface area (Å²) in [5.74, 6) is -0.374. The van der Waals surface area contributed by atoms with Gasteiger partial charge in [-0.3, -0.25) is 4.79 Å². The van der Waals surface area contributed by atoms with Gasteiger partial charge in [0.2, 0.25) is 0 Å². The van der Waals surface area contributed by atoms with E-state index in [4.69, 9.17) is 4.74 Å². The van der Waals surface area contributed by atoms with E-state index in [9.17, 15) is 9.59 Å². The van der Waals surface area contributed by atoms with E-state index in [1.807, 2.05) is 52.7 Å². The smallest absolute Gasteiger partial charge is 0.353 e. The van der Waals surface area contributed by atoms with Crippen molar-refractivity contribution < 1.29 is 14.3 Å². The Morgan fingerprint density at radius 3 is 2.39 bits per heavy atom. The van der Waals surface area contributed by atoms with Crippen molar-refractivity contribution in [3.05, 3.63) is 107 Å². The molecule has 0 fully saturated rings. The van der Waals surface area contributed by atoms with E-state index in [1.54, 1.807) is 49.4 Å². The van der Waals surface area contributed by atoms with Gasteiger partial charge < -0.3 is 9.30 Å². The highest BCUT2D eigenvalue weighted by atomic mass is 32.1. The minimum atomic E-state index is -0.429. The van der Waals surface area contributed by atoms with E-state index in [1.165, 1.54) is 11.3 Å². The van der Waals surface area contributed by atoms with Gasteiger partial charge in [-0.2, -0.15) is 5.10 Å². The largest absolute Gasteiger partial charge is 0.422 e. The standard InChI is InChI=1S/C24H19N3O3S/c1-17(20-7-2-3-8-21(20)30-24(29)22-9-6-16-31-22)25-26-23(28)18-10-12-19(13-11-18)27-14-4-5-15-27/h2-16H,1H3,(H,26,28)/b25-17+. The number of benzene rings is 2. The summed E-state index contributed by atoms with van der Waals surface area (Å²) >= 11 is 1.31. The number of para-hydroxylation sites is 1. The molecule has 2 heterocycles. The van der Waals surface area contributed by atoms with Gasteiger partial charge in [-0.25, -0.2) is 10.2 Å². The summed E-state index contributed by atoms with van der Waals surface area (Å²) in [6.07, 6.45) is 3.87. The molecular weight excluding hydrogens is 410 g/mol. The molecule has 0 unspecified atom stereocenters. The Hall–Kier alpha value is -3.97. The highest BCUT2D eigenvalue weighted by Crippen LogP contribution is 2.21. The second-order valence-electron chi connectivity index (χ2n) is 6.64. The topological polar surface area (TPSA) is 72.7 Å². The van der Waals surface area contributed by atoms with Gasteiger partial charge >= 0.3 is 5.97 Å². The van der Waals surface area contributed by atoms with Crippen LogP contribution in [-0.2, 0) is 0 Å². The van der Waals surface area contributed by atoms with Gasteiger partial charge in [0.15, 0.2) is 0 Å². The number of nitrogens with zero attached hydrogens (tertiary/aromatic N) is 2. The van der Waals surface area contributed by atoms with Crippen molar-refractivity contribution in [3.8, 4) is 11.4 Å². The zero-order valence-corrected chi connectivity index (χ0v) is 17.5. The molecule has 1 N–H and O–H groups in total. The van der Waals surface area contributed by atoms with Crippen LogP contribution in [0.15, 0.2) is 95.7 Å². The third-order valence-electron chi connectivity index (χ3n) is 4.56. The first-order valence-electron chi connectivity index (χ1n) is 9.55. The number of esters is 1. The lowest BCUT2D eigenvalue weighted by atomic mass is 10.1. The summed E-state index contributed by atoms with van der Waals surface area (Å²) < 4.78 is 7.48. The maximum atomic E-state index is 12.5. The van der Waals surface area contributed by atoms with Crippen LogP contribution in [0.4, 0.5) is 0 Å². The first-order chi connectivity index (χ1) is 15.1. The Morgan fingerprint density at radius 2 is 1.68 bits per heavy atom. The van der Waals surface area contributed by atoms with Gasteiger partial charge in [0.05, 0.1) is 5.71 Å². The van der Waals surface area contributed by atoms with Gasteiger partial charge in [-0.05, 0) is 66.9 Å². The minimum absolute atomic E-state index is 0.327. The molecule has 0 radical (unpaired) electrons. The minimum Gasteiger partial charge on any atom is -0.422 e. The highest BCUT2D eigenvalue weighted by molar-refractivity contribution is 7.12. The van der Waals surface area contributed by atoms with E-state index in [-0.39, 0.29) is 5.91 Å². The summed E-state index contributed by atoms with van der Waals surface area (Å²) in [6, 6.07) is 21.7. The van der Waals surface area contributed by atoms with Gasteiger partial charge in [0.25, 0.3) is 5.91 Å². The van der Waals surface area contributed by atoms with Crippen molar-refractivity contribution in [2.75, 3.05) is 0 Å². The van der Waals surface area contributed by atoms with Crippen molar-refractivity contribution >= 4 is 28.9 Å². The number of carbonyl (C=O) groups excluding carboxylic acids is 2. The van der Waals surface area contributed by atoms with Crippen molar-refractivity contribution in [2.45, 2.75) is 6.92 Å². The fraction of sp³-hybridized carbons (Fsp3) is 0.0417. The van der Waals surface area contributed by atoms with Crippen molar-refractivity contribution in [1.29, 1.82) is 0 Å². The normalized spacial score (nSPS) is 11.2. The van der Waals surface area contributed by atoms with Crippen LogP contribution in [-0.4, -0.2) is 22.2 Å². The average Bonchev–Trinajstić information content (AvgIpc) is 3.52. The fourth-order valence-electron chi connectivity index (χ4n) is 2.95. The molecule has 0 atom stereocenters. The Bertz CT molecular complexity index is 1210. The second-order valence-corrected chi connectivity index (χ2v) is 7.59. The molecule has 4 rings (SSSR count). The molecule has 0 aliphatic carbocycles. The molecule has 31 heavy (non-hydrogen) atoms. The van der Waals surface area contributed by atoms with Crippen LogP contribution >= 0.6 is 11.3 Å². The third-order valence-corrected chi connectivity index (χ3v) is 5.41. The van der Waals surface area contributed by atoms with Crippen molar-refractivity contribution in [2.24, 2.45) is 5.10 Å². The quantitative estimate of drug-likeness (QED) is 0.205. The molecule has 0 spiro atoms. The van der Waals surface area contributed by atoms with Crippen LogP contribution in [0.3, 0.4) is 0 Å². The second kappa shape index (κ2) is 9.23. The molecule has 0 saturated carbocycles.